The first-order chi connectivity index (χ1) is 16.0. The Kier molecular flexibility index (Phi) is 6.89. The largest absolute Gasteiger partial charge is 0.497 e. The van der Waals surface area contributed by atoms with Crippen LogP contribution in [0.2, 0.25) is 0 Å². The molecule has 7 heteroatoms. The van der Waals surface area contributed by atoms with E-state index in [1.165, 1.54) is 16.7 Å². The van der Waals surface area contributed by atoms with E-state index in [4.69, 9.17) is 14.2 Å². The standard InChI is InChI=1S/C26H27N3O3S/c1-17-6-7-18(2)20(12-17)16-33-26-28-27-25(19-13-23(31-4)15-24(14-19)32-5)29(26)21-8-10-22(30-3)11-9-21/h6-15H,16H2,1-5H3. The highest BCUT2D eigenvalue weighted by molar-refractivity contribution is 7.98. The molecular weight excluding hydrogens is 434 g/mol. The Morgan fingerprint density at radius 1 is 0.758 bits per heavy atom. The Balaban J connectivity index is 1.79. The monoisotopic (exact) mass is 461 g/mol. The number of nitrogens with zero attached hydrogens (tertiary/aromatic N) is 3. The number of aromatic nitrogens is 3. The lowest BCUT2D eigenvalue weighted by atomic mass is 10.1. The van der Waals surface area contributed by atoms with Crippen LogP contribution in [-0.2, 0) is 5.75 Å². The van der Waals surface area contributed by atoms with Crippen LogP contribution < -0.4 is 14.2 Å². The van der Waals surface area contributed by atoms with Gasteiger partial charge in [0, 0.05) is 23.1 Å². The molecule has 6 nitrogen and oxygen atoms in total. The second-order valence-corrected chi connectivity index (χ2v) is 8.60. The van der Waals surface area contributed by atoms with E-state index in [1.54, 1.807) is 33.1 Å². The fourth-order valence-electron chi connectivity index (χ4n) is 3.55. The summed E-state index contributed by atoms with van der Waals surface area (Å²) in [5.41, 5.74) is 5.60. The molecule has 0 N–H and O–H groups in total. The summed E-state index contributed by atoms with van der Waals surface area (Å²) in [5.74, 6) is 3.68. The zero-order valence-electron chi connectivity index (χ0n) is 19.5. The summed E-state index contributed by atoms with van der Waals surface area (Å²) >= 11 is 1.66. The predicted octanol–water partition coefficient (Wildman–Crippen LogP) is 5.87. The Labute approximate surface area is 198 Å². The third kappa shape index (κ3) is 4.98. The third-order valence-electron chi connectivity index (χ3n) is 5.44. The maximum absolute atomic E-state index is 5.47. The molecule has 0 radical (unpaired) electrons. The van der Waals surface area contributed by atoms with E-state index in [0.29, 0.717) is 17.3 Å². The van der Waals surface area contributed by atoms with Crippen LogP contribution in [0, 0.1) is 13.8 Å². The van der Waals surface area contributed by atoms with E-state index in [0.717, 1.165) is 27.9 Å². The number of thioether (sulfide) groups is 1. The molecule has 0 aliphatic heterocycles. The van der Waals surface area contributed by atoms with E-state index in [9.17, 15) is 0 Å². The van der Waals surface area contributed by atoms with Crippen molar-refractivity contribution in [2.24, 2.45) is 0 Å². The second-order valence-electron chi connectivity index (χ2n) is 7.66. The van der Waals surface area contributed by atoms with Gasteiger partial charge in [-0.15, -0.1) is 10.2 Å². The van der Waals surface area contributed by atoms with Crippen molar-refractivity contribution in [1.82, 2.24) is 14.8 Å². The molecule has 0 atom stereocenters. The van der Waals surface area contributed by atoms with Crippen LogP contribution in [0.5, 0.6) is 17.2 Å². The molecule has 0 fully saturated rings. The summed E-state index contributed by atoms with van der Waals surface area (Å²) in [4.78, 5) is 0. The van der Waals surface area contributed by atoms with Crippen molar-refractivity contribution in [2.45, 2.75) is 24.8 Å². The Morgan fingerprint density at radius 2 is 1.42 bits per heavy atom. The van der Waals surface area contributed by atoms with E-state index in [-0.39, 0.29) is 0 Å². The smallest absolute Gasteiger partial charge is 0.196 e. The van der Waals surface area contributed by atoms with Gasteiger partial charge in [-0.3, -0.25) is 4.57 Å². The van der Waals surface area contributed by atoms with Crippen LogP contribution in [0.15, 0.2) is 65.8 Å². The van der Waals surface area contributed by atoms with E-state index in [2.05, 4.69) is 46.8 Å². The number of rotatable bonds is 8. The molecule has 0 saturated carbocycles. The van der Waals surface area contributed by atoms with Crippen LogP contribution >= 0.6 is 11.8 Å². The van der Waals surface area contributed by atoms with Crippen molar-refractivity contribution in [3.8, 4) is 34.3 Å². The first-order valence-corrected chi connectivity index (χ1v) is 11.5. The Hall–Kier alpha value is -3.45. The molecule has 0 bridgehead atoms. The van der Waals surface area contributed by atoms with Crippen LogP contribution in [0.4, 0.5) is 0 Å². The molecule has 1 heterocycles. The van der Waals surface area contributed by atoms with Crippen molar-refractivity contribution in [3.63, 3.8) is 0 Å². The van der Waals surface area contributed by atoms with Crippen LogP contribution in [-0.4, -0.2) is 36.1 Å². The highest BCUT2D eigenvalue weighted by Crippen LogP contribution is 2.34. The lowest BCUT2D eigenvalue weighted by molar-refractivity contribution is 0.394. The normalized spacial score (nSPS) is 10.8. The van der Waals surface area contributed by atoms with Crippen LogP contribution in [0.1, 0.15) is 16.7 Å². The maximum Gasteiger partial charge on any atom is 0.196 e. The van der Waals surface area contributed by atoms with Gasteiger partial charge in [-0.2, -0.15) is 0 Å². The summed E-state index contributed by atoms with van der Waals surface area (Å²) in [7, 11) is 4.93. The average molecular weight is 462 g/mol. The van der Waals surface area contributed by atoms with Gasteiger partial charge < -0.3 is 14.2 Å². The van der Waals surface area contributed by atoms with Crippen molar-refractivity contribution < 1.29 is 14.2 Å². The molecule has 0 aliphatic carbocycles. The molecule has 3 aromatic carbocycles. The van der Waals surface area contributed by atoms with Gasteiger partial charge in [0.25, 0.3) is 0 Å². The van der Waals surface area contributed by atoms with Gasteiger partial charge in [0.15, 0.2) is 11.0 Å². The minimum Gasteiger partial charge on any atom is -0.497 e. The number of hydrogen-bond donors (Lipinski definition) is 0. The van der Waals surface area contributed by atoms with Crippen molar-refractivity contribution >= 4 is 11.8 Å². The highest BCUT2D eigenvalue weighted by atomic mass is 32.2. The summed E-state index contributed by atoms with van der Waals surface area (Å²) in [6, 6.07) is 20.1. The molecular formula is C26H27N3O3S. The molecule has 170 valence electrons. The molecule has 4 aromatic rings. The molecule has 0 amide bonds. The van der Waals surface area contributed by atoms with Crippen LogP contribution in [0.3, 0.4) is 0 Å². The average Bonchev–Trinajstić information content (AvgIpc) is 3.28. The highest BCUT2D eigenvalue weighted by Gasteiger charge is 2.18. The quantitative estimate of drug-likeness (QED) is 0.306. The minimum atomic E-state index is 0.693. The first kappa shape index (κ1) is 22.7. The van der Waals surface area contributed by atoms with Crippen molar-refractivity contribution in [2.75, 3.05) is 21.3 Å². The van der Waals surface area contributed by atoms with Gasteiger partial charge >= 0.3 is 0 Å². The zero-order valence-corrected chi connectivity index (χ0v) is 20.3. The van der Waals surface area contributed by atoms with E-state index >= 15 is 0 Å². The number of benzene rings is 3. The summed E-state index contributed by atoms with van der Waals surface area (Å²) in [5, 5.41) is 9.91. The number of methoxy groups -OCH3 is 3. The maximum atomic E-state index is 5.47. The van der Waals surface area contributed by atoms with E-state index < -0.39 is 0 Å². The fraction of sp³-hybridized carbons (Fsp3) is 0.231. The summed E-state index contributed by atoms with van der Waals surface area (Å²) in [6.07, 6.45) is 0. The molecule has 0 unspecified atom stereocenters. The predicted molar refractivity (Wildman–Crippen MR) is 132 cm³/mol. The molecule has 0 aliphatic rings. The van der Waals surface area contributed by atoms with Gasteiger partial charge in [0.05, 0.1) is 21.3 Å². The molecule has 33 heavy (non-hydrogen) atoms. The zero-order chi connectivity index (χ0) is 23.4. The lowest BCUT2D eigenvalue weighted by Gasteiger charge is -2.13. The first-order valence-electron chi connectivity index (χ1n) is 10.5. The molecule has 0 saturated heterocycles. The minimum absolute atomic E-state index is 0.693. The lowest BCUT2D eigenvalue weighted by Crippen LogP contribution is -2.01. The molecule has 1 aromatic heterocycles. The Bertz CT molecular complexity index is 1230. The molecule has 4 rings (SSSR count). The van der Waals surface area contributed by atoms with Gasteiger partial charge in [0.2, 0.25) is 0 Å². The van der Waals surface area contributed by atoms with Gasteiger partial charge in [-0.1, -0.05) is 35.5 Å². The number of aryl methyl sites for hydroxylation is 2. The SMILES string of the molecule is COc1ccc(-n2c(SCc3cc(C)ccc3C)nnc2-c2cc(OC)cc(OC)c2)cc1. The number of ether oxygens (including phenoxy) is 3. The van der Waals surface area contributed by atoms with E-state index in [1.807, 2.05) is 42.5 Å². The fourth-order valence-corrected chi connectivity index (χ4v) is 4.56. The molecule has 0 spiro atoms. The van der Waals surface area contributed by atoms with Crippen molar-refractivity contribution in [1.29, 1.82) is 0 Å². The third-order valence-corrected chi connectivity index (χ3v) is 6.41. The van der Waals surface area contributed by atoms with Gasteiger partial charge in [-0.25, -0.2) is 0 Å². The van der Waals surface area contributed by atoms with Gasteiger partial charge in [0.1, 0.15) is 17.2 Å². The van der Waals surface area contributed by atoms with Gasteiger partial charge in [-0.05, 0) is 61.4 Å². The second kappa shape index (κ2) is 10.0. The number of hydrogen-bond acceptors (Lipinski definition) is 6. The Morgan fingerprint density at radius 3 is 2.06 bits per heavy atom. The summed E-state index contributed by atoms with van der Waals surface area (Å²) < 4.78 is 18.3. The topological polar surface area (TPSA) is 58.4 Å². The van der Waals surface area contributed by atoms with Crippen LogP contribution in [0.25, 0.3) is 17.1 Å². The van der Waals surface area contributed by atoms with Crippen molar-refractivity contribution in [3.05, 3.63) is 77.4 Å². The summed E-state index contributed by atoms with van der Waals surface area (Å²) in [6.45, 7) is 4.25.